The van der Waals surface area contributed by atoms with Crippen LogP contribution in [0.15, 0.2) is 30.3 Å². The number of aryl methyl sites for hydroxylation is 1. The number of hydrogen-bond acceptors (Lipinski definition) is 4. The van der Waals surface area contributed by atoms with Crippen molar-refractivity contribution in [1.29, 1.82) is 0 Å². The van der Waals surface area contributed by atoms with Gasteiger partial charge in [0.05, 0.1) is 0 Å². The average molecular weight is 217 g/mol. The molecule has 1 heterocycles. The molecule has 1 aromatic carbocycles. The summed E-state index contributed by atoms with van der Waals surface area (Å²) in [4.78, 5) is 0. The summed E-state index contributed by atoms with van der Waals surface area (Å²) in [5, 5.41) is 14.7. The normalized spacial score (nSPS) is 12.6. The molecule has 0 radical (unpaired) electrons. The van der Waals surface area contributed by atoms with Gasteiger partial charge in [0.1, 0.15) is 0 Å². The molecular weight excluding hydrogens is 202 g/mol. The van der Waals surface area contributed by atoms with E-state index >= 15 is 0 Å². The number of nitrogens with one attached hydrogen (secondary N) is 1. The molecule has 1 N–H and O–H groups in total. The minimum atomic E-state index is 0.242. The van der Waals surface area contributed by atoms with Gasteiger partial charge in [-0.25, -0.2) is 4.68 Å². The van der Waals surface area contributed by atoms with Crippen LogP contribution in [0.25, 0.3) is 0 Å². The third kappa shape index (κ3) is 2.25. The van der Waals surface area contributed by atoms with E-state index in [4.69, 9.17) is 0 Å². The minimum absolute atomic E-state index is 0.242. The van der Waals surface area contributed by atoms with Gasteiger partial charge in [0.2, 0.25) is 0 Å². The third-order valence-corrected chi connectivity index (χ3v) is 2.64. The molecule has 2 aromatic rings. The maximum absolute atomic E-state index is 3.99. The number of likely N-dealkylation sites (N-methyl/N-ethyl adjacent to an activating group) is 1. The highest BCUT2D eigenvalue weighted by molar-refractivity contribution is 5.19. The van der Waals surface area contributed by atoms with Crippen molar-refractivity contribution < 1.29 is 0 Å². The minimum Gasteiger partial charge on any atom is -0.313 e. The number of tetrazole rings is 1. The van der Waals surface area contributed by atoms with E-state index in [2.05, 4.69) is 33.0 Å². The Morgan fingerprint density at radius 2 is 2.06 bits per heavy atom. The second kappa shape index (κ2) is 4.85. The van der Waals surface area contributed by atoms with Crippen LogP contribution < -0.4 is 5.32 Å². The highest BCUT2D eigenvalue weighted by atomic mass is 15.5. The molecule has 0 fully saturated rings. The first kappa shape index (κ1) is 10.8. The van der Waals surface area contributed by atoms with E-state index in [1.54, 1.807) is 4.68 Å². The Balaban J connectivity index is 2.16. The number of rotatable bonds is 4. The zero-order chi connectivity index (χ0) is 11.4. The smallest absolute Gasteiger partial charge is 0.152 e. The first-order valence-electron chi connectivity index (χ1n) is 5.24. The molecule has 0 aliphatic rings. The lowest BCUT2D eigenvalue weighted by atomic mass is 10.0. The first-order chi connectivity index (χ1) is 7.81. The molecule has 0 aliphatic carbocycles. The van der Waals surface area contributed by atoms with Crippen LogP contribution in [0.2, 0.25) is 0 Å². The summed E-state index contributed by atoms with van der Waals surface area (Å²) >= 11 is 0. The quantitative estimate of drug-likeness (QED) is 0.819. The van der Waals surface area contributed by atoms with Crippen LogP contribution in [0.3, 0.4) is 0 Å². The summed E-state index contributed by atoms with van der Waals surface area (Å²) in [5.74, 6) is 0.878. The van der Waals surface area contributed by atoms with Gasteiger partial charge in [-0.05, 0) is 23.0 Å². The molecule has 0 saturated carbocycles. The van der Waals surface area contributed by atoms with Crippen molar-refractivity contribution >= 4 is 0 Å². The second-order valence-corrected chi connectivity index (χ2v) is 3.67. The Labute approximate surface area is 94.5 Å². The highest BCUT2D eigenvalue weighted by Gasteiger charge is 2.13. The van der Waals surface area contributed by atoms with Crippen molar-refractivity contribution in [1.82, 2.24) is 25.5 Å². The van der Waals surface area contributed by atoms with Gasteiger partial charge in [-0.15, -0.1) is 5.10 Å². The van der Waals surface area contributed by atoms with Crippen molar-refractivity contribution in [2.45, 2.75) is 12.5 Å². The third-order valence-electron chi connectivity index (χ3n) is 2.64. The topological polar surface area (TPSA) is 55.6 Å². The number of nitrogens with zero attached hydrogens (tertiary/aromatic N) is 4. The van der Waals surface area contributed by atoms with Crippen molar-refractivity contribution in [2.24, 2.45) is 7.05 Å². The molecule has 0 spiro atoms. The van der Waals surface area contributed by atoms with Gasteiger partial charge < -0.3 is 5.32 Å². The fourth-order valence-corrected chi connectivity index (χ4v) is 1.68. The van der Waals surface area contributed by atoms with Crippen molar-refractivity contribution in [3.8, 4) is 0 Å². The van der Waals surface area contributed by atoms with Gasteiger partial charge in [-0.3, -0.25) is 0 Å². The van der Waals surface area contributed by atoms with E-state index in [9.17, 15) is 0 Å². The van der Waals surface area contributed by atoms with E-state index in [0.717, 1.165) is 12.2 Å². The Morgan fingerprint density at radius 3 is 2.62 bits per heavy atom. The summed E-state index contributed by atoms with van der Waals surface area (Å²) in [6, 6.07) is 10.5. The maximum Gasteiger partial charge on any atom is 0.152 e. The van der Waals surface area contributed by atoms with E-state index in [-0.39, 0.29) is 6.04 Å². The number of benzene rings is 1. The zero-order valence-corrected chi connectivity index (χ0v) is 9.46. The van der Waals surface area contributed by atoms with Crippen LogP contribution in [0.1, 0.15) is 17.4 Å². The van der Waals surface area contributed by atoms with Crippen molar-refractivity contribution in [2.75, 3.05) is 7.05 Å². The molecular formula is C11H15N5. The van der Waals surface area contributed by atoms with Gasteiger partial charge in [-0.1, -0.05) is 30.3 Å². The van der Waals surface area contributed by atoms with Crippen molar-refractivity contribution in [3.05, 3.63) is 41.7 Å². The van der Waals surface area contributed by atoms with Gasteiger partial charge in [-0.2, -0.15) is 0 Å². The zero-order valence-electron chi connectivity index (χ0n) is 9.46. The number of aromatic nitrogens is 4. The Hall–Kier alpha value is -1.75. The lowest BCUT2D eigenvalue weighted by Crippen LogP contribution is -2.20. The largest absolute Gasteiger partial charge is 0.313 e. The van der Waals surface area contributed by atoms with E-state index < -0.39 is 0 Å². The van der Waals surface area contributed by atoms with Crippen LogP contribution in [0, 0.1) is 0 Å². The lowest BCUT2D eigenvalue weighted by molar-refractivity contribution is 0.553. The Bertz CT molecular complexity index is 437. The molecule has 1 aromatic heterocycles. The molecule has 1 atom stereocenters. The molecule has 1 unspecified atom stereocenters. The van der Waals surface area contributed by atoms with Gasteiger partial charge in [0, 0.05) is 19.5 Å². The summed E-state index contributed by atoms with van der Waals surface area (Å²) in [6.45, 7) is 0. The van der Waals surface area contributed by atoms with Gasteiger partial charge in [0.25, 0.3) is 0 Å². The van der Waals surface area contributed by atoms with Crippen LogP contribution in [-0.4, -0.2) is 27.3 Å². The summed E-state index contributed by atoms with van der Waals surface area (Å²) in [7, 11) is 3.80. The lowest BCUT2D eigenvalue weighted by Gasteiger charge is -2.15. The molecule has 16 heavy (non-hydrogen) atoms. The van der Waals surface area contributed by atoms with Gasteiger partial charge in [0.15, 0.2) is 5.82 Å². The SMILES string of the molecule is CNC(Cc1nnnn1C)c1ccccc1. The summed E-state index contributed by atoms with van der Waals surface area (Å²) < 4.78 is 1.70. The van der Waals surface area contributed by atoms with E-state index in [1.165, 1.54) is 5.56 Å². The van der Waals surface area contributed by atoms with E-state index in [0.29, 0.717) is 0 Å². The van der Waals surface area contributed by atoms with E-state index in [1.807, 2.05) is 32.3 Å². The van der Waals surface area contributed by atoms with Crippen LogP contribution in [-0.2, 0) is 13.5 Å². The molecule has 84 valence electrons. The summed E-state index contributed by atoms with van der Waals surface area (Å²) in [6.07, 6.45) is 0.782. The monoisotopic (exact) mass is 217 g/mol. The van der Waals surface area contributed by atoms with Gasteiger partial charge >= 0.3 is 0 Å². The predicted octanol–water partition coefficient (Wildman–Crippen LogP) is 0.713. The van der Waals surface area contributed by atoms with Crippen LogP contribution in [0.4, 0.5) is 0 Å². The average Bonchev–Trinajstić information content (AvgIpc) is 2.73. The highest BCUT2D eigenvalue weighted by Crippen LogP contribution is 2.15. The Kier molecular flexibility index (Phi) is 3.26. The maximum atomic E-state index is 3.99. The molecule has 5 heteroatoms. The molecule has 0 saturated heterocycles. The molecule has 2 rings (SSSR count). The van der Waals surface area contributed by atoms with Crippen molar-refractivity contribution in [3.63, 3.8) is 0 Å². The van der Waals surface area contributed by atoms with Crippen LogP contribution >= 0.6 is 0 Å². The second-order valence-electron chi connectivity index (χ2n) is 3.67. The number of hydrogen-bond donors (Lipinski definition) is 1. The summed E-state index contributed by atoms with van der Waals surface area (Å²) in [5.41, 5.74) is 1.24. The molecule has 0 bridgehead atoms. The van der Waals surface area contributed by atoms with Crippen LogP contribution in [0.5, 0.6) is 0 Å². The molecule has 0 amide bonds. The standard InChI is InChI=1S/C11H15N5/c1-12-10(9-6-4-3-5-7-9)8-11-13-14-15-16(11)2/h3-7,10,12H,8H2,1-2H3. The molecule has 0 aliphatic heterocycles. The Morgan fingerprint density at radius 1 is 1.31 bits per heavy atom. The predicted molar refractivity (Wildman–Crippen MR) is 60.7 cm³/mol. The fraction of sp³-hybridized carbons (Fsp3) is 0.364. The fourth-order valence-electron chi connectivity index (χ4n) is 1.68. The first-order valence-corrected chi connectivity index (χ1v) is 5.24. The molecule has 5 nitrogen and oxygen atoms in total.